The lowest BCUT2D eigenvalue weighted by molar-refractivity contribution is 0.227. The smallest absolute Gasteiger partial charge is 0.195 e. The normalized spacial score (nSPS) is 18.9. The highest BCUT2D eigenvalue weighted by Gasteiger charge is 2.15. The monoisotopic (exact) mass is 250 g/mol. The third-order valence-electron chi connectivity index (χ3n) is 0.395. The van der Waals surface area contributed by atoms with E-state index in [2.05, 4.69) is 31.9 Å². The highest BCUT2D eigenvalue weighted by molar-refractivity contribution is 9.10. The highest BCUT2D eigenvalue weighted by Crippen LogP contribution is 2.23. The fraction of sp³-hybridized carbons (Fsp3) is 1.00. The molecule has 0 bridgehead atoms. The topological polar surface area (TPSA) is 20.2 Å². The van der Waals surface area contributed by atoms with Crippen LogP contribution in [0.2, 0.25) is 0 Å². The summed E-state index contributed by atoms with van der Waals surface area (Å²) in [7, 11) is 0. The van der Waals surface area contributed by atoms with Gasteiger partial charge in [-0.05, 0) is 15.9 Å². The predicted octanol–water partition coefficient (Wildman–Crippen LogP) is 2.05. The largest absolute Gasteiger partial charge is 0.366 e. The first-order chi connectivity index (χ1) is 3.06. The van der Waals surface area contributed by atoms with Crippen LogP contribution in [0.1, 0.15) is 6.42 Å². The average molecular weight is 252 g/mol. The maximum Gasteiger partial charge on any atom is 0.195 e. The lowest BCUT2D eigenvalue weighted by atomic mass is 10.5. The van der Waals surface area contributed by atoms with E-state index in [9.17, 15) is 0 Å². The van der Waals surface area contributed by atoms with Crippen LogP contribution in [0.15, 0.2) is 0 Å². The van der Waals surface area contributed by atoms with E-state index >= 15 is 0 Å². The van der Waals surface area contributed by atoms with E-state index in [0.29, 0.717) is 11.8 Å². The molecule has 0 aromatic heterocycles. The summed E-state index contributed by atoms with van der Waals surface area (Å²) in [5, 5.41) is 9.36. The SMILES string of the molecule is OC(Cl)(Br)CCBr. The van der Waals surface area contributed by atoms with Gasteiger partial charge in [0.05, 0.1) is 0 Å². The van der Waals surface area contributed by atoms with Crippen LogP contribution in [0.5, 0.6) is 0 Å². The van der Waals surface area contributed by atoms with Crippen LogP contribution in [0.4, 0.5) is 0 Å². The van der Waals surface area contributed by atoms with Gasteiger partial charge in [-0.3, -0.25) is 0 Å². The first-order valence-corrected chi connectivity index (χ1v) is 4.01. The van der Waals surface area contributed by atoms with Crippen molar-refractivity contribution in [3.8, 4) is 0 Å². The van der Waals surface area contributed by atoms with Gasteiger partial charge in [0.1, 0.15) is 0 Å². The van der Waals surface area contributed by atoms with Gasteiger partial charge in [0.15, 0.2) is 3.97 Å². The summed E-state index contributed by atoms with van der Waals surface area (Å²) in [6, 6.07) is 0. The van der Waals surface area contributed by atoms with Gasteiger partial charge in [-0.25, -0.2) is 0 Å². The number of hydrogen-bond acceptors (Lipinski definition) is 1. The zero-order chi connectivity index (χ0) is 5.91. The van der Waals surface area contributed by atoms with Crippen molar-refractivity contribution in [3.63, 3.8) is 0 Å². The number of aliphatic hydroxyl groups is 1. The molecule has 0 heterocycles. The molecule has 4 heteroatoms. The highest BCUT2D eigenvalue weighted by atomic mass is 79.9. The summed E-state index contributed by atoms with van der Waals surface area (Å²) in [5.74, 6) is 0. The number of alkyl halides is 3. The van der Waals surface area contributed by atoms with Crippen LogP contribution < -0.4 is 0 Å². The lowest BCUT2D eigenvalue weighted by Gasteiger charge is -2.07. The van der Waals surface area contributed by atoms with Gasteiger partial charge in [0, 0.05) is 11.8 Å². The van der Waals surface area contributed by atoms with Crippen molar-refractivity contribution >= 4 is 43.5 Å². The summed E-state index contributed by atoms with van der Waals surface area (Å²) in [6.07, 6.45) is 0.495. The predicted molar refractivity (Wildman–Crippen MR) is 38.1 cm³/mol. The van der Waals surface area contributed by atoms with Crippen molar-refractivity contribution in [2.24, 2.45) is 0 Å². The average Bonchev–Trinajstić information content (AvgIpc) is 1.30. The fourth-order valence-electron chi connectivity index (χ4n) is 0.114. The molecule has 44 valence electrons. The molecule has 0 amide bonds. The van der Waals surface area contributed by atoms with E-state index in [-0.39, 0.29) is 0 Å². The van der Waals surface area contributed by atoms with Gasteiger partial charge in [-0.1, -0.05) is 27.5 Å². The maximum atomic E-state index is 8.67. The van der Waals surface area contributed by atoms with Gasteiger partial charge in [0.25, 0.3) is 0 Å². The Morgan fingerprint density at radius 2 is 2.14 bits per heavy atom. The Balaban J connectivity index is 3.15. The summed E-state index contributed by atoms with van der Waals surface area (Å²) in [5.41, 5.74) is 0. The Morgan fingerprint density at radius 3 is 2.14 bits per heavy atom. The van der Waals surface area contributed by atoms with Crippen LogP contribution in [0.3, 0.4) is 0 Å². The molecule has 0 saturated heterocycles. The summed E-state index contributed by atoms with van der Waals surface area (Å²) < 4.78 is -1.21. The number of hydrogen-bond donors (Lipinski definition) is 1. The molecule has 0 saturated carbocycles. The second-order valence-corrected chi connectivity index (χ2v) is 4.29. The number of halogens is 3. The van der Waals surface area contributed by atoms with Crippen molar-refractivity contribution in [3.05, 3.63) is 0 Å². The molecule has 1 nitrogen and oxygen atoms in total. The first-order valence-electron chi connectivity index (χ1n) is 1.72. The zero-order valence-corrected chi connectivity index (χ0v) is 7.42. The Kier molecular flexibility index (Phi) is 3.84. The molecule has 1 N–H and O–H groups in total. The molecule has 0 aliphatic carbocycles. The first kappa shape index (κ1) is 8.21. The van der Waals surface area contributed by atoms with E-state index in [0.717, 1.165) is 0 Å². The minimum atomic E-state index is -1.21. The van der Waals surface area contributed by atoms with Gasteiger partial charge in [-0.15, -0.1) is 0 Å². The number of rotatable bonds is 2. The lowest BCUT2D eigenvalue weighted by Crippen LogP contribution is -2.09. The summed E-state index contributed by atoms with van der Waals surface area (Å²) in [6.45, 7) is 0. The van der Waals surface area contributed by atoms with Gasteiger partial charge >= 0.3 is 0 Å². The Bertz CT molecular complexity index is 51.4. The molecular formula is C3H5Br2ClO. The molecule has 0 rings (SSSR count). The van der Waals surface area contributed by atoms with E-state index in [4.69, 9.17) is 16.7 Å². The molecule has 1 unspecified atom stereocenters. The van der Waals surface area contributed by atoms with Crippen molar-refractivity contribution < 1.29 is 5.11 Å². The van der Waals surface area contributed by atoms with Crippen molar-refractivity contribution in [2.75, 3.05) is 5.33 Å². The third kappa shape index (κ3) is 7.21. The third-order valence-corrected chi connectivity index (χ3v) is 1.38. The van der Waals surface area contributed by atoms with Crippen LogP contribution >= 0.6 is 43.5 Å². The molecule has 0 aromatic rings. The van der Waals surface area contributed by atoms with E-state index in [1.165, 1.54) is 0 Å². The van der Waals surface area contributed by atoms with E-state index in [1.807, 2.05) is 0 Å². The molecule has 0 radical (unpaired) electrons. The molecule has 0 spiro atoms. The molecular weight excluding hydrogens is 247 g/mol. The molecule has 7 heavy (non-hydrogen) atoms. The van der Waals surface area contributed by atoms with Crippen molar-refractivity contribution in [1.29, 1.82) is 0 Å². The van der Waals surface area contributed by atoms with Gasteiger partial charge in [0.2, 0.25) is 0 Å². The Hall–Kier alpha value is 1.21. The molecule has 0 fully saturated rings. The molecule has 1 atom stereocenters. The van der Waals surface area contributed by atoms with Crippen molar-refractivity contribution in [2.45, 2.75) is 10.4 Å². The standard InChI is InChI=1S/C3H5Br2ClO/c4-2-1-3(5,6)7/h7H,1-2H2. The molecule has 0 aliphatic heterocycles. The van der Waals surface area contributed by atoms with Crippen LogP contribution in [-0.2, 0) is 0 Å². The van der Waals surface area contributed by atoms with Crippen LogP contribution in [0.25, 0.3) is 0 Å². The second kappa shape index (κ2) is 3.28. The Morgan fingerprint density at radius 1 is 1.71 bits per heavy atom. The van der Waals surface area contributed by atoms with Gasteiger partial charge < -0.3 is 5.11 Å². The molecule has 0 aromatic carbocycles. The fourth-order valence-corrected chi connectivity index (χ4v) is 1.74. The van der Waals surface area contributed by atoms with Crippen LogP contribution in [0, 0.1) is 0 Å². The summed E-state index contributed by atoms with van der Waals surface area (Å²) >= 11 is 11.2. The quantitative estimate of drug-likeness (QED) is 0.746. The van der Waals surface area contributed by atoms with E-state index in [1.54, 1.807) is 0 Å². The second-order valence-electron chi connectivity index (χ2n) is 1.10. The van der Waals surface area contributed by atoms with Gasteiger partial charge in [-0.2, -0.15) is 0 Å². The maximum absolute atomic E-state index is 8.67. The molecule has 0 aliphatic rings. The summed E-state index contributed by atoms with van der Waals surface area (Å²) in [4.78, 5) is 0. The van der Waals surface area contributed by atoms with Crippen molar-refractivity contribution in [1.82, 2.24) is 0 Å². The minimum absolute atomic E-state index is 0.495. The van der Waals surface area contributed by atoms with Crippen LogP contribution in [-0.4, -0.2) is 14.4 Å². The van der Waals surface area contributed by atoms with E-state index < -0.39 is 3.97 Å². The minimum Gasteiger partial charge on any atom is -0.366 e. The zero-order valence-electron chi connectivity index (χ0n) is 3.50. The Labute approximate surface area is 64.3 Å².